The number of aryl methyl sites for hydroxylation is 1. The molecule has 2 aromatic carbocycles. The summed E-state index contributed by atoms with van der Waals surface area (Å²) in [5.74, 6) is 0.372. The zero-order chi connectivity index (χ0) is 14.5. The van der Waals surface area contributed by atoms with Crippen molar-refractivity contribution in [2.75, 3.05) is 0 Å². The molecule has 2 atom stereocenters. The molecular weight excluding hydrogens is 246 g/mol. The lowest BCUT2D eigenvalue weighted by Gasteiger charge is -2.21. The molecule has 0 saturated heterocycles. The lowest BCUT2D eigenvalue weighted by Crippen LogP contribution is -2.30. The standard InChI is InChI=1S/C18H23NO/c1-13-9-10-17(18(20)11-13)15(3)19-14(2)12-16-7-5-4-6-8-16/h4-11,14-15,19-20H,12H2,1-3H3. The van der Waals surface area contributed by atoms with Crippen LogP contribution in [0.2, 0.25) is 0 Å². The van der Waals surface area contributed by atoms with Crippen LogP contribution in [-0.4, -0.2) is 11.1 Å². The smallest absolute Gasteiger partial charge is 0.120 e. The molecular formula is C18H23NO. The fourth-order valence-electron chi connectivity index (χ4n) is 2.56. The molecule has 20 heavy (non-hydrogen) atoms. The van der Waals surface area contributed by atoms with Crippen LogP contribution in [-0.2, 0) is 6.42 Å². The van der Waals surface area contributed by atoms with Crippen molar-refractivity contribution in [1.82, 2.24) is 5.32 Å². The van der Waals surface area contributed by atoms with Crippen LogP contribution in [0.4, 0.5) is 0 Å². The molecule has 0 radical (unpaired) electrons. The first kappa shape index (κ1) is 14.6. The van der Waals surface area contributed by atoms with Gasteiger partial charge in [-0.05, 0) is 44.4 Å². The molecule has 0 bridgehead atoms. The fourth-order valence-corrected chi connectivity index (χ4v) is 2.56. The Morgan fingerprint density at radius 3 is 2.40 bits per heavy atom. The van der Waals surface area contributed by atoms with Crippen LogP contribution in [0.5, 0.6) is 5.75 Å². The molecule has 0 amide bonds. The van der Waals surface area contributed by atoms with E-state index in [4.69, 9.17) is 0 Å². The van der Waals surface area contributed by atoms with Crippen molar-refractivity contribution >= 4 is 0 Å². The van der Waals surface area contributed by atoms with E-state index in [-0.39, 0.29) is 6.04 Å². The highest BCUT2D eigenvalue weighted by atomic mass is 16.3. The maximum atomic E-state index is 10.0. The van der Waals surface area contributed by atoms with Gasteiger partial charge in [0.15, 0.2) is 0 Å². The predicted octanol–water partition coefficient (Wildman–Crippen LogP) is 3.98. The Morgan fingerprint density at radius 1 is 1.05 bits per heavy atom. The lowest BCUT2D eigenvalue weighted by atomic mass is 10.0. The second-order valence-corrected chi connectivity index (χ2v) is 5.54. The summed E-state index contributed by atoms with van der Waals surface area (Å²) in [7, 11) is 0. The van der Waals surface area contributed by atoms with Gasteiger partial charge in [-0.25, -0.2) is 0 Å². The molecule has 0 aliphatic carbocycles. The molecule has 0 aliphatic heterocycles. The van der Waals surface area contributed by atoms with Crippen LogP contribution in [0, 0.1) is 6.92 Å². The van der Waals surface area contributed by atoms with Crippen LogP contribution in [0.25, 0.3) is 0 Å². The maximum Gasteiger partial charge on any atom is 0.120 e. The van der Waals surface area contributed by atoms with Crippen LogP contribution in [0.15, 0.2) is 48.5 Å². The first-order valence-electron chi connectivity index (χ1n) is 7.15. The number of hydrogen-bond acceptors (Lipinski definition) is 2. The van der Waals surface area contributed by atoms with E-state index in [1.54, 1.807) is 0 Å². The van der Waals surface area contributed by atoms with E-state index in [0.29, 0.717) is 11.8 Å². The molecule has 0 saturated carbocycles. The summed E-state index contributed by atoms with van der Waals surface area (Å²) in [6.45, 7) is 6.25. The number of aromatic hydroxyl groups is 1. The van der Waals surface area contributed by atoms with Crippen molar-refractivity contribution in [3.63, 3.8) is 0 Å². The van der Waals surface area contributed by atoms with Gasteiger partial charge in [-0.3, -0.25) is 0 Å². The Bertz CT molecular complexity index is 551. The molecule has 2 unspecified atom stereocenters. The van der Waals surface area contributed by atoms with Gasteiger partial charge in [0.05, 0.1) is 0 Å². The topological polar surface area (TPSA) is 32.3 Å². The lowest BCUT2D eigenvalue weighted by molar-refractivity contribution is 0.433. The summed E-state index contributed by atoms with van der Waals surface area (Å²) >= 11 is 0. The van der Waals surface area contributed by atoms with Gasteiger partial charge in [-0.15, -0.1) is 0 Å². The summed E-state index contributed by atoms with van der Waals surface area (Å²) in [5, 5.41) is 13.6. The molecule has 106 valence electrons. The van der Waals surface area contributed by atoms with Crippen molar-refractivity contribution in [3.05, 3.63) is 65.2 Å². The Balaban J connectivity index is 1.98. The first-order chi connectivity index (χ1) is 9.56. The quantitative estimate of drug-likeness (QED) is 0.860. The minimum absolute atomic E-state index is 0.134. The van der Waals surface area contributed by atoms with E-state index in [2.05, 4.69) is 43.4 Å². The van der Waals surface area contributed by atoms with Gasteiger partial charge >= 0.3 is 0 Å². The van der Waals surface area contributed by atoms with E-state index in [1.165, 1.54) is 5.56 Å². The van der Waals surface area contributed by atoms with Crippen LogP contribution in [0.3, 0.4) is 0 Å². The highest BCUT2D eigenvalue weighted by Crippen LogP contribution is 2.25. The summed E-state index contributed by atoms with van der Waals surface area (Å²) in [5.41, 5.74) is 3.36. The number of phenols is 1. The van der Waals surface area contributed by atoms with Gasteiger partial charge < -0.3 is 10.4 Å². The van der Waals surface area contributed by atoms with Crippen LogP contribution < -0.4 is 5.32 Å². The number of hydrogen-bond donors (Lipinski definition) is 2. The van der Waals surface area contributed by atoms with Gasteiger partial charge in [0.2, 0.25) is 0 Å². The van der Waals surface area contributed by atoms with Crippen molar-refractivity contribution in [2.24, 2.45) is 0 Å². The molecule has 0 spiro atoms. The van der Waals surface area contributed by atoms with E-state index in [9.17, 15) is 5.11 Å². The average molecular weight is 269 g/mol. The summed E-state index contributed by atoms with van der Waals surface area (Å²) in [6, 6.07) is 16.8. The van der Waals surface area contributed by atoms with Gasteiger partial charge in [-0.2, -0.15) is 0 Å². The number of nitrogens with one attached hydrogen (secondary N) is 1. The number of phenolic OH excluding ortho intramolecular Hbond substituents is 1. The second-order valence-electron chi connectivity index (χ2n) is 5.54. The fraction of sp³-hybridized carbons (Fsp3) is 0.333. The summed E-state index contributed by atoms with van der Waals surface area (Å²) in [6.07, 6.45) is 0.984. The van der Waals surface area contributed by atoms with Crippen molar-refractivity contribution in [1.29, 1.82) is 0 Å². The zero-order valence-electron chi connectivity index (χ0n) is 12.4. The largest absolute Gasteiger partial charge is 0.508 e. The molecule has 0 aliphatic rings. The number of benzene rings is 2. The Labute approximate surface area is 121 Å². The SMILES string of the molecule is Cc1ccc(C(C)NC(C)Cc2ccccc2)c(O)c1. The monoisotopic (exact) mass is 269 g/mol. The van der Waals surface area contributed by atoms with Gasteiger partial charge in [0.25, 0.3) is 0 Å². The van der Waals surface area contributed by atoms with Crippen LogP contribution >= 0.6 is 0 Å². The predicted molar refractivity (Wildman–Crippen MR) is 84.0 cm³/mol. The van der Waals surface area contributed by atoms with Crippen molar-refractivity contribution in [2.45, 2.75) is 39.3 Å². The summed E-state index contributed by atoms with van der Waals surface area (Å²) in [4.78, 5) is 0. The maximum absolute atomic E-state index is 10.0. The zero-order valence-corrected chi connectivity index (χ0v) is 12.4. The second kappa shape index (κ2) is 6.58. The normalized spacial score (nSPS) is 13.9. The van der Waals surface area contributed by atoms with E-state index in [0.717, 1.165) is 17.5 Å². The summed E-state index contributed by atoms with van der Waals surface area (Å²) < 4.78 is 0. The average Bonchev–Trinajstić information content (AvgIpc) is 2.39. The molecule has 0 fully saturated rings. The van der Waals surface area contributed by atoms with Gasteiger partial charge in [0, 0.05) is 17.6 Å². The van der Waals surface area contributed by atoms with E-state index in [1.807, 2.05) is 31.2 Å². The minimum Gasteiger partial charge on any atom is -0.508 e. The Kier molecular flexibility index (Phi) is 4.80. The minimum atomic E-state index is 0.134. The van der Waals surface area contributed by atoms with Crippen molar-refractivity contribution in [3.8, 4) is 5.75 Å². The van der Waals surface area contributed by atoms with E-state index >= 15 is 0 Å². The molecule has 2 heteroatoms. The highest BCUT2D eigenvalue weighted by Gasteiger charge is 2.13. The van der Waals surface area contributed by atoms with E-state index < -0.39 is 0 Å². The van der Waals surface area contributed by atoms with Gasteiger partial charge in [-0.1, -0.05) is 42.5 Å². The van der Waals surface area contributed by atoms with Crippen LogP contribution in [0.1, 0.15) is 36.6 Å². The van der Waals surface area contributed by atoms with Crippen molar-refractivity contribution < 1.29 is 5.11 Å². The molecule has 2 aromatic rings. The van der Waals surface area contributed by atoms with Gasteiger partial charge in [0.1, 0.15) is 5.75 Å². The third-order valence-corrected chi connectivity index (χ3v) is 3.57. The molecule has 2 rings (SSSR count). The first-order valence-corrected chi connectivity index (χ1v) is 7.15. The molecule has 2 nitrogen and oxygen atoms in total. The number of rotatable bonds is 5. The Morgan fingerprint density at radius 2 is 1.75 bits per heavy atom. The Hall–Kier alpha value is -1.80. The third-order valence-electron chi connectivity index (χ3n) is 3.57. The third kappa shape index (κ3) is 3.84. The molecule has 0 heterocycles. The molecule has 2 N–H and O–H groups in total. The molecule has 0 aromatic heterocycles. The highest BCUT2D eigenvalue weighted by molar-refractivity contribution is 5.37.